The Kier molecular flexibility index (Phi) is 4.33. The molecular weight excluding hydrogens is 184 g/mol. The van der Waals surface area contributed by atoms with Gasteiger partial charge in [0.1, 0.15) is 0 Å². The van der Waals surface area contributed by atoms with Crippen molar-refractivity contribution in [2.24, 2.45) is 5.73 Å². The van der Waals surface area contributed by atoms with E-state index >= 15 is 0 Å². The first kappa shape index (κ1) is 11.7. The van der Waals surface area contributed by atoms with Crippen LogP contribution in [-0.2, 0) is 0 Å². The van der Waals surface area contributed by atoms with Gasteiger partial charge in [0.25, 0.3) is 0 Å². The first-order valence-corrected chi connectivity index (χ1v) is 5.28. The lowest BCUT2D eigenvalue weighted by Crippen LogP contribution is -2.12. The average Bonchev–Trinajstić information content (AvgIpc) is 2.17. The first-order chi connectivity index (χ1) is 7.15. The minimum Gasteiger partial charge on any atom is -0.324 e. The summed E-state index contributed by atoms with van der Waals surface area (Å²) in [4.78, 5) is 4.40. The van der Waals surface area contributed by atoms with Crippen molar-refractivity contribution in [3.05, 3.63) is 29.1 Å². The van der Waals surface area contributed by atoms with Crippen molar-refractivity contribution in [1.82, 2.24) is 4.98 Å². The fourth-order valence-corrected chi connectivity index (χ4v) is 1.67. The normalized spacial score (nSPS) is 12.1. The minimum absolute atomic E-state index is 0.0615. The molecule has 0 amide bonds. The van der Waals surface area contributed by atoms with Crippen LogP contribution in [-0.4, -0.2) is 4.98 Å². The van der Waals surface area contributed by atoms with E-state index in [9.17, 15) is 0 Å². The molecule has 2 N–H and O–H groups in total. The maximum atomic E-state index is 6.08. The topological polar surface area (TPSA) is 38.9 Å². The standard InChI is InChI=1S/C13H18N2/c1-4-5-6-7-13(14)12-9-8-10(2)15-11(12)3/h1,8-9,13H,5-7,14H2,2-3H3. The summed E-state index contributed by atoms with van der Waals surface area (Å²) in [6, 6.07) is 4.13. The van der Waals surface area contributed by atoms with Gasteiger partial charge in [-0.05, 0) is 38.3 Å². The number of hydrogen-bond acceptors (Lipinski definition) is 2. The highest BCUT2D eigenvalue weighted by atomic mass is 14.7. The van der Waals surface area contributed by atoms with Gasteiger partial charge in [-0.15, -0.1) is 12.3 Å². The SMILES string of the molecule is C#CCCCC(N)c1ccc(C)nc1C. The zero-order valence-corrected chi connectivity index (χ0v) is 9.46. The van der Waals surface area contributed by atoms with E-state index in [1.165, 1.54) is 0 Å². The Morgan fingerprint density at radius 3 is 2.80 bits per heavy atom. The van der Waals surface area contributed by atoms with Crippen LogP contribution < -0.4 is 5.73 Å². The molecule has 0 saturated heterocycles. The Labute approximate surface area is 91.9 Å². The van der Waals surface area contributed by atoms with Crippen molar-refractivity contribution in [3.8, 4) is 12.3 Å². The highest BCUT2D eigenvalue weighted by Gasteiger charge is 2.09. The van der Waals surface area contributed by atoms with E-state index in [0.717, 1.165) is 36.2 Å². The van der Waals surface area contributed by atoms with Gasteiger partial charge < -0.3 is 5.73 Å². The van der Waals surface area contributed by atoms with Gasteiger partial charge in [-0.1, -0.05) is 6.07 Å². The number of nitrogens with zero attached hydrogens (tertiary/aromatic N) is 1. The molecule has 2 heteroatoms. The minimum atomic E-state index is 0.0615. The van der Waals surface area contributed by atoms with Gasteiger partial charge in [-0.25, -0.2) is 0 Å². The summed E-state index contributed by atoms with van der Waals surface area (Å²) in [5, 5.41) is 0. The molecule has 1 aromatic rings. The van der Waals surface area contributed by atoms with E-state index in [0.29, 0.717) is 0 Å². The average molecular weight is 202 g/mol. The summed E-state index contributed by atoms with van der Waals surface area (Å²) in [6.07, 6.45) is 7.90. The Morgan fingerprint density at radius 2 is 2.20 bits per heavy atom. The quantitative estimate of drug-likeness (QED) is 0.602. The molecule has 80 valence electrons. The lowest BCUT2D eigenvalue weighted by molar-refractivity contribution is 0.615. The fourth-order valence-electron chi connectivity index (χ4n) is 1.67. The van der Waals surface area contributed by atoms with Crippen LogP contribution in [0.1, 0.15) is 42.3 Å². The highest BCUT2D eigenvalue weighted by Crippen LogP contribution is 2.19. The van der Waals surface area contributed by atoms with Crippen LogP contribution in [0.4, 0.5) is 0 Å². The number of aromatic nitrogens is 1. The zero-order chi connectivity index (χ0) is 11.3. The summed E-state index contributed by atoms with van der Waals surface area (Å²) in [5.41, 5.74) is 9.28. The lowest BCUT2D eigenvalue weighted by Gasteiger charge is -2.13. The molecule has 0 aliphatic rings. The Hall–Kier alpha value is -1.33. The molecule has 0 aromatic carbocycles. The van der Waals surface area contributed by atoms with Crippen LogP contribution in [0.5, 0.6) is 0 Å². The van der Waals surface area contributed by atoms with Gasteiger partial charge in [-0.2, -0.15) is 0 Å². The summed E-state index contributed by atoms with van der Waals surface area (Å²) in [5.74, 6) is 2.63. The molecule has 0 aliphatic heterocycles. The van der Waals surface area contributed by atoms with Gasteiger partial charge in [0.05, 0.1) is 0 Å². The van der Waals surface area contributed by atoms with Crippen LogP contribution >= 0.6 is 0 Å². The maximum Gasteiger partial charge on any atom is 0.0423 e. The van der Waals surface area contributed by atoms with Crippen molar-refractivity contribution in [3.63, 3.8) is 0 Å². The van der Waals surface area contributed by atoms with Crippen molar-refractivity contribution < 1.29 is 0 Å². The molecule has 1 heterocycles. The van der Waals surface area contributed by atoms with Crippen molar-refractivity contribution >= 4 is 0 Å². The number of terminal acetylenes is 1. The van der Waals surface area contributed by atoms with E-state index in [-0.39, 0.29) is 6.04 Å². The van der Waals surface area contributed by atoms with E-state index in [1.54, 1.807) is 0 Å². The molecule has 0 saturated carbocycles. The molecule has 2 nitrogen and oxygen atoms in total. The molecule has 15 heavy (non-hydrogen) atoms. The molecule has 0 aliphatic carbocycles. The second kappa shape index (κ2) is 5.53. The molecule has 1 unspecified atom stereocenters. The van der Waals surface area contributed by atoms with Gasteiger partial charge in [0, 0.05) is 23.9 Å². The van der Waals surface area contributed by atoms with E-state index < -0.39 is 0 Å². The number of pyridine rings is 1. The monoisotopic (exact) mass is 202 g/mol. The summed E-state index contributed by atoms with van der Waals surface area (Å²) >= 11 is 0. The summed E-state index contributed by atoms with van der Waals surface area (Å²) < 4.78 is 0. The Bertz CT molecular complexity index is 363. The van der Waals surface area contributed by atoms with Crippen molar-refractivity contribution in [2.75, 3.05) is 0 Å². The molecule has 1 aromatic heterocycles. The first-order valence-electron chi connectivity index (χ1n) is 5.28. The van der Waals surface area contributed by atoms with Crippen LogP contribution in [0, 0.1) is 26.2 Å². The second-order valence-corrected chi connectivity index (χ2v) is 3.83. The number of hydrogen-bond donors (Lipinski definition) is 1. The Balaban J connectivity index is 2.66. The third-order valence-corrected chi connectivity index (χ3v) is 2.50. The summed E-state index contributed by atoms with van der Waals surface area (Å²) in [7, 11) is 0. The predicted molar refractivity (Wildman–Crippen MR) is 63.3 cm³/mol. The van der Waals surface area contributed by atoms with Gasteiger partial charge in [0.15, 0.2) is 0 Å². The number of unbranched alkanes of at least 4 members (excludes halogenated alkanes) is 1. The van der Waals surface area contributed by atoms with E-state index in [2.05, 4.69) is 17.0 Å². The summed E-state index contributed by atoms with van der Waals surface area (Å²) in [6.45, 7) is 3.99. The molecule has 0 fully saturated rings. The molecule has 0 radical (unpaired) electrons. The number of rotatable bonds is 4. The van der Waals surface area contributed by atoms with Crippen LogP contribution in [0.25, 0.3) is 0 Å². The number of nitrogens with two attached hydrogens (primary N) is 1. The second-order valence-electron chi connectivity index (χ2n) is 3.83. The van der Waals surface area contributed by atoms with Crippen LogP contribution in [0.15, 0.2) is 12.1 Å². The predicted octanol–water partition coefficient (Wildman–Crippen LogP) is 2.50. The largest absolute Gasteiger partial charge is 0.324 e. The van der Waals surface area contributed by atoms with Crippen molar-refractivity contribution in [1.29, 1.82) is 0 Å². The van der Waals surface area contributed by atoms with Crippen LogP contribution in [0.2, 0.25) is 0 Å². The zero-order valence-electron chi connectivity index (χ0n) is 9.46. The maximum absolute atomic E-state index is 6.08. The molecular formula is C13H18N2. The van der Waals surface area contributed by atoms with E-state index in [4.69, 9.17) is 12.2 Å². The molecule has 0 bridgehead atoms. The molecule has 0 spiro atoms. The molecule has 1 atom stereocenters. The lowest BCUT2D eigenvalue weighted by atomic mass is 10.0. The smallest absolute Gasteiger partial charge is 0.0423 e. The van der Waals surface area contributed by atoms with Crippen LogP contribution in [0.3, 0.4) is 0 Å². The third kappa shape index (κ3) is 3.38. The van der Waals surface area contributed by atoms with Crippen molar-refractivity contribution in [2.45, 2.75) is 39.2 Å². The van der Waals surface area contributed by atoms with Gasteiger partial charge in [0.2, 0.25) is 0 Å². The Morgan fingerprint density at radius 1 is 1.47 bits per heavy atom. The van der Waals surface area contributed by atoms with Gasteiger partial charge in [-0.3, -0.25) is 4.98 Å². The van der Waals surface area contributed by atoms with E-state index in [1.807, 2.05) is 19.9 Å². The molecule has 1 rings (SSSR count). The highest BCUT2D eigenvalue weighted by molar-refractivity contribution is 5.24. The fraction of sp³-hybridized carbons (Fsp3) is 0.462. The third-order valence-electron chi connectivity index (χ3n) is 2.50. The van der Waals surface area contributed by atoms with Gasteiger partial charge >= 0.3 is 0 Å². The number of aryl methyl sites for hydroxylation is 2.